The third-order valence-corrected chi connectivity index (χ3v) is 19.8. The van der Waals surface area contributed by atoms with Crippen molar-refractivity contribution in [3.63, 3.8) is 0 Å². The smallest absolute Gasteiger partial charge is 0.305 e. The zero-order chi connectivity index (χ0) is 72.1. The number of phenolic OH excluding ortho intramolecular Hbond substituents is 1. The number of hydrogen-bond donors (Lipinski definition) is 15. The van der Waals surface area contributed by atoms with E-state index in [4.69, 9.17) is 11.5 Å². The average Bonchev–Trinajstić information content (AvgIpc) is 1.71. The Morgan fingerprint density at radius 2 is 1.31 bits per heavy atom. The first-order valence-corrected chi connectivity index (χ1v) is 35.7. The number of aromatic hydroxyl groups is 1. The molecule has 2 aliphatic heterocycles. The number of aromatic amines is 3. The number of carbonyl (C=O) groups excluding carboxylic acids is 9. The molecular weight excluding hydrogens is 1340 g/mol. The molecular formula is C70H85F2N15O12S2. The number of nitrogens with two attached hydrogens (primary N) is 2. The van der Waals surface area contributed by atoms with Crippen LogP contribution in [0, 0.1) is 17.6 Å². The van der Waals surface area contributed by atoms with Crippen LogP contribution in [0.25, 0.3) is 21.8 Å². The molecule has 27 nitrogen and oxygen atoms in total. The molecule has 0 aliphatic carbocycles. The SMILES string of the molecule is C[C@@H]1C[C@H]2C(=O)N[C@H](C(N)=O)CSCc3cccc(c3)CSCCC(=O)N[C@@H](CCCCN)C(=O)NCC(=O)N[C@@H](Cc3c[nH]c4ccc(F)cc34)C(=O)N[C@@H](Cc3c[nH]c4ccc(F)cc34)C(=O)N[C@@H](CC(=O)O)C(=O)N[C@@H](CCc3cnc[nH]3)CN[C@@H](Cc3ccc(O)cc3)C(=O)N2C1. The van der Waals surface area contributed by atoms with Crippen molar-refractivity contribution in [2.45, 2.75) is 137 Å². The average molecular weight is 1430 g/mol. The van der Waals surface area contributed by atoms with Crippen LogP contribution in [-0.4, -0.2) is 180 Å². The number of aryl methyl sites for hydroxylation is 1. The van der Waals surface area contributed by atoms with Gasteiger partial charge >= 0.3 is 5.97 Å². The number of aliphatic carboxylic acids is 1. The van der Waals surface area contributed by atoms with Crippen LogP contribution in [0.3, 0.4) is 0 Å². The highest BCUT2D eigenvalue weighted by atomic mass is 32.2. The molecule has 2 aliphatic rings. The molecule has 538 valence electrons. The summed E-state index contributed by atoms with van der Waals surface area (Å²) >= 11 is 2.85. The quantitative estimate of drug-likeness (QED) is 0.0619. The van der Waals surface area contributed by atoms with Gasteiger partial charge in [-0.3, -0.25) is 47.9 Å². The Hall–Kier alpha value is -9.85. The van der Waals surface area contributed by atoms with Gasteiger partial charge in [0.2, 0.25) is 53.2 Å². The third-order valence-electron chi connectivity index (χ3n) is 17.6. The Bertz CT molecular complexity index is 4070. The van der Waals surface area contributed by atoms with E-state index in [-0.39, 0.29) is 81.0 Å². The summed E-state index contributed by atoms with van der Waals surface area (Å²) in [4.78, 5) is 157. The molecule has 3 aromatic heterocycles. The van der Waals surface area contributed by atoms with Gasteiger partial charge in [0.1, 0.15) is 53.6 Å². The number of nitrogens with zero attached hydrogens (tertiary/aromatic N) is 2. The molecule has 0 spiro atoms. The van der Waals surface area contributed by atoms with Crippen molar-refractivity contribution in [1.29, 1.82) is 0 Å². The predicted octanol–water partition coefficient (Wildman–Crippen LogP) is 2.90. The first-order valence-electron chi connectivity index (χ1n) is 33.4. The number of H-pyrrole nitrogens is 3. The van der Waals surface area contributed by atoms with Crippen LogP contribution in [0.15, 0.2) is 110 Å². The van der Waals surface area contributed by atoms with E-state index in [1.807, 2.05) is 31.2 Å². The van der Waals surface area contributed by atoms with Gasteiger partial charge in [0.25, 0.3) is 0 Å². The number of unbranched alkanes of at least 4 members (excludes halogenated alkanes) is 1. The largest absolute Gasteiger partial charge is 0.508 e. The lowest BCUT2D eigenvalue weighted by atomic mass is 10.0. The fourth-order valence-corrected chi connectivity index (χ4v) is 14.2. The number of halogens is 2. The van der Waals surface area contributed by atoms with E-state index in [9.17, 15) is 52.6 Å². The molecule has 101 heavy (non-hydrogen) atoms. The van der Waals surface area contributed by atoms with Crippen LogP contribution < -0.4 is 54.0 Å². The Morgan fingerprint density at radius 3 is 1.94 bits per heavy atom. The van der Waals surface area contributed by atoms with Gasteiger partial charge in [0, 0.05) is 107 Å². The molecule has 9 amide bonds. The van der Waals surface area contributed by atoms with Gasteiger partial charge in [-0.15, -0.1) is 0 Å². The number of fused-ring (bicyclic) bond motifs is 5. The van der Waals surface area contributed by atoms with E-state index in [0.29, 0.717) is 75.3 Å². The molecule has 0 saturated carbocycles. The number of carboxylic acid groups (broad SMARTS) is 1. The number of hydrogen-bond acceptors (Lipinski definition) is 16. The summed E-state index contributed by atoms with van der Waals surface area (Å²) in [5.74, 6) is -8.64. The van der Waals surface area contributed by atoms with E-state index >= 15 is 14.4 Å². The molecule has 1 fully saturated rings. The van der Waals surface area contributed by atoms with Gasteiger partial charge in [-0.05, 0) is 134 Å². The molecule has 1 saturated heterocycles. The van der Waals surface area contributed by atoms with Crippen molar-refractivity contribution in [3.8, 4) is 5.75 Å². The molecule has 17 N–H and O–H groups in total. The van der Waals surface area contributed by atoms with Crippen LogP contribution in [0.5, 0.6) is 5.75 Å². The first kappa shape index (κ1) is 75.4. The van der Waals surface area contributed by atoms with E-state index in [0.717, 1.165) is 11.1 Å². The monoisotopic (exact) mass is 1430 g/mol. The standard InChI is InChI=1S/C70H85F2N15O12S2/c1-39-21-60-69(98)86-59(64(74)93)37-101-36-42-6-4-5-41(22-42)35-100-20-18-61(89)82-54(7-2-3-19-73)65(94)79-33-62(90)83-55(24-43-29-76-52-16-10-45(71)26-50(43)52)67(96)84-56(25-44-30-77-53-17-11-46(72)27-51(44)53)68(97)85-57(28-63(91)92)66(95)81-48(13-12-47-31-75-38-80-47)32-78-58(70(99)87(60)34-39)23-40-8-14-49(88)15-9-40/h4-6,8-11,14-17,22,26-27,29-31,38-39,48,54-60,76-78,88H,2-3,7,12-13,18-21,23-25,28,32-37,73H2,1H3,(H2,74,93)(H,75,80)(H,79,94)(H,81,95)(H,82,89)(H,83,90)(H,84,96)(H,85,97)(H,86,98)(H,91,92)/t39-,48+,54+,55+,56+,57+,58+,59+,60+/m1/s1. The highest BCUT2D eigenvalue weighted by Crippen LogP contribution is 2.28. The number of imidazole rings is 1. The van der Waals surface area contributed by atoms with E-state index in [1.54, 1.807) is 18.3 Å². The highest BCUT2D eigenvalue weighted by molar-refractivity contribution is 7.98. The van der Waals surface area contributed by atoms with Gasteiger partial charge in [0.05, 0.1) is 25.3 Å². The van der Waals surface area contributed by atoms with Gasteiger partial charge < -0.3 is 84.1 Å². The number of nitrogens with one attached hydrogen (secondary N) is 11. The highest BCUT2D eigenvalue weighted by Gasteiger charge is 2.42. The summed E-state index contributed by atoms with van der Waals surface area (Å²) in [6, 6.07) is 11.1. The van der Waals surface area contributed by atoms with Crippen LogP contribution >= 0.6 is 23.5 Å². The lowest BCUT2D eigenvalue weighted by Crippen LogP contribution is -2.60. The van der Waals surface area contributed by atoms with Gasteiger partial charge in [-0.2, -0.15) is 23.5 Å². The number of rotatable bonds is 16. The fourth-order valence-electron chi connectivity index (χ4n) is 12.3. The molecule has 0 unspecified atom stereocenters. The van der Waals surface area contributed by atoms with Gasteiger partial charge in [-0.25, -0.2) is 13.8 Å². The number of amides is 9. The number of phenols is 1. The number of carboxylic acids is 1. The summed E-state index contributed by atoms with van der Waals surface area (Å²) in [7, 11) is 0. The van der Waals surface area contributed by atoms with Crippen molar-refractivity contribution in [2.24, 2.45) is 17.4 Å². The molecule has 4 aromatic carbocycles. The molecule has 9 rings (SSSR count). The molecule has 5 heterocycles. The molecule has 0 radical (unpaired) electrons. The number of thioether (sulfide) groups is 2. The fraction of sp³-hybridized carbons (Fsp3) is 0.414. The minimum atomic E-state index is -1.87. The van der Waals surface area contributed by atoms with Gasteiger partial charge in [-0.1, -0.05) is 43.3 Å². The normalized spacial score (nSPS) is 22.8. The summed E-state index contributed by atoms with van der Waals surface area (Å²) in [5.41, 5.74) is 16.3. The Morgan fingerprint density at radius 1 is 0.673 bits per heavy atom. The summed E-state index contributed by atoms with van der Waals surface area (Å²) in [5, 5.41) is 43.4. The Kier molecular flexibility index (Phi) is 27.2. The van der Waals surface area contributed by atoms with E-state index in [1.165, 1.54) is 95.7 Å². The second kappa shape index (κ2) is 36.5. The second-order valence-electron chi connectivity index (χ2n) is 25.5. The van der Waals surface area contributed by atoms with Crippen molar-refractivity contribution < 1.29 is 66.9 Å². The van der Waals surface area contributed by atoms with Crippen molar-refractivity contribution >= 4 is 104 Å². The molecule has 9 atom stereocenters. The molecule has 31 heteroatoms. The maximum atomic E-state index is 15.2. The van der Waals surface area contributed by atoms with Crippen LogP contribution in [0.1, 0.15) is 85.4 Å². The minimum Gasteiger partial charge on any atom is -0.508 e. The Labute approximate surface area is 589 Å². The van der Waals surface area contributed by atoms with Crippen molar-refractivity contribution in [3.05, 3.63) is 155 Å². The third kappa shape index (κ3) is 22.1. The zero-order valence-corrected chi connectivity index (χ0v) is 57.3. The number of carbonyl (C=O) groups is 10. The lowest BCUT2D eigenvalue weighted by Gasteiger charge is -2.31. The van der Waals surface area contributed by atoms with Crippen molar-refractivity contribution in [2.75, 3.05) is 37.7 Å². The van der Waals surface area contributed by atoms with E-state index in [2.05, 4.69) is 62.5 Å². The van der Waals surface area contributed by atoms with Crippen LogP contribution in [0.4, 0.5) is 8.78 Å². The first-order chi connectivity index (χ1) is 48.5. The zero-order valence-electron chi connectivity index (χ0n) is 55.6. The second-order valence-corrected chi connectivity index (χ2v) is 27.6. The maximum Gasteiger partial charge on any atom is 0.305 e. The molecule has 2 bridgehead atoms. The summed E-state index contributed by atoms with van der Waals surface area (Å²) in [6.45, 7) is 1.44. The summed E-state index contributed by atoms with van der Waals surface area (Å²) < 4.78 is 29.8. The minimum absolute atomic E-state index is 0.00282. The van der Waals surface area contributed by atoms with Crippen molar-refractivity contribution in [1.82, 2.24) is 67.4 Å². The summed E-state index contributed by atoms with van der Waals surface area (Å²) in [6.07, 6.45) is 5.99. The predicted molar refractivity (Wildman–Crippen MR) is 376 cm³/mol. The number of benzene rings is 4. The number of aromatic nitrogens is 4. The van der Waals surface area contributed by atoms with Gasteiger partial charge in [0.15, 0.2) is 0 Å². The topological polar surface area (TPSA) is 423 Å². The van der Waals surface area contributed by atoms with E-state index < -0.39 is 138 Å². The van der Waals surface area contributed by atoms with Crippen LogP contribution in [-0.2, 0) is 85.1 Å². The number of primary amides is 1. The van der Waals surface area contributed by atoms with Crippen LogP contribution in [0.2, 0.25) is 0 Å². The molecule has 7 aromatic rings. The maximum absolute atomic E-state index is 15.2. The lowest BCUT2D eigenvalue weighted by molar-refractivity contribution is -0.141. The Balaban J connectivity index is 1.05.